The Morgan fingerprint density at radius 2 is 2.38 bits per heavy atom. The second kappa shape index (κ2) is 4.24. The van der Waals surface area contributed by atoms with Crippen LogP contribution in [0.3, 0.4) is 0 Å². The van der Waals surface area contributed by atoms with Crippen molar-refractivity contribution in [3.05, 3.63) is 16.4 Å². The first kappa shape index (κ1) is 12.3. The maximum absolute atomic E-state index is 10.5. The van der Waals surface area contributed by atoms with Crippen LogP contribution in [0.1, 0.15) is 24.6 Å². The SMILES string of the molecule is Cc1nn(C)c(Cl)c1CC1(O)CSC(C)C1. The Kier molecular flexibility index (Phi) is 3.25. The molecule has 0 amide bonds. The molecule has 0 aromatic carbocycles. The molecule has 0 bridgehead atoms. The molecule has 1 N–H and O–H groups in total. The van der Waals surface area contributed by atoms with E-state index in [1.807, 2.05) is 25.7 Å². The molecule has 1 aliphatic heterocycles. The molecule has 0 radical (unpaired) electrons. The standard InChI is InChI=1S/C11H17ClN2OS/c1-7-4-11(15,6-16-7)5-9-8(2)13-14(3)10(9)12/h7,15H,4-6H2,1-3H3. The van der Waals surface area contributed by atoms with Crippen molar-refractivity contribution in [2.75, 3.05) is 5.75 Å². The van der Waals surface area contributed by atoms with Gasteiger partial charge in [0.1, 0.15) is 5.15 Å². The van der Waals surface area contributed by atoms with Crippen LogP contribution in [0.2, 0.25) is 5.15 Å². The molecular weight excluding hydrogens is 244 g/mol. The number of hydrogen-bond acceptors (Lipinski definition) is 3. The zero-order valence-corrected chi connectivity index (χ0v) is 11.4. The molecule has 1 aromatic heterocycles. The minimum absolute atomic E-state index is 0.528. The lowest BCUT2D eigenvalue weighted by molar-refractivity contribution is 0.0641. The van der Waals surface area contributed by atoms with E-state index in [4.69, 9.17) is 11.6 Å². The number of aromatic nitrogens is 2. The summed E-state index contributed by atoms with van der Waals surface area (Å²) in [4.78, 5) is 0. The predicted molar refractivity (Wildman–Crippen MR) is 68.1 cm³/mol. The fourth-order valence-electron chi connectivity index (χ4n) is 2.28. The average Bonchev–Trinajstić information content (AvgIpc) is 2.63. The number of hydrogen-bond donors (Lipinski definition) is 1. The minimum Gasteiger partial charge on any atom is -0.389 e. The summed E-state index contributed by atoms with van der Waals surface area (Å²) in [6.07, 6.45) is 1.45. The Balaban J connectivity index is 2.21. The number of rotatable bonds is 2. The van der Waals surface area contributed by atoms with E-state index < -0.39 is 5.60 Å². The maximum Gasteiger partial charge on any atom is 0.130 e. The number of aliphatic hydroxyl groups is 1. The van der Waals surface area contributed by atoms with Crippen molar-refractivity contribution < 1.29 is 5.11 Å². The average molecular weight is 261 g/mol. The molecule has 1 fully saturated rings. The largest absolute Gasteiger partial charge is 0.389 e. The third kappa shape index (κ3) is 2.24. The molecular formula is C11H17ClN2OS. The lowest BCUT2D eigenvalue weighted by atomic mass is 9.92. The first-order valence-corrected chi connectivity index (χ1v) is 6.86. The monoisotopic (exact) mass is 260 g/mol. The van der Waals surface area contributed by atoms with Crippen LogP contribution in [-0.2, 0) is 13.5 Å². The summed E-state index contributed by atoms with van der Waals surface area (Å²) in [6, 6.07) is 0. The number of thioether (sulfide) groups is 1. The smallest absolute Gasteiger partial charge is 0.130 e. The number of aryl methyl sites for hydroxylation is 2. The quantitative estimate of drug-likeness (QED) is 0.886. The van der Waals surface area contributed by atoms with E-state index in [2.05, 4.69) is 12.0 Å². The lowest BCUT2D eigenvalue weighted by Crippen LogP contribution is -2.31. The topological polar surface area (TPSA) is 38.0 Å². The van der Waals surface area contributed by atoms with Crippen molar-refractivity contribution in [3.8, 4) is 0 Å². The van der Waals surface area contributed by atoms with Gasteiger partial charge >= 0.3 is 0 Å². The molecule has 2 heterocycles. The Morgan fingerprint density at radius 1 is 1.69 bits per heavy atom. The Hall–Kier alpha value is -0.190. The van der Waals surface area contributed by atoms with Crippen LogP contribution >= 0.6 is 23.4 Å². The van der Waals surface area contributed by atoms with E-state index in [-0.39, 0.29) is 0 Å². The molecule has 3 nitrogen and oxygen atoms in total. The van der Waals surface area contributed by atoms with Gasteiger partial charge in [-0.15, -0.1) is 0 Å². The summed E-state index contributed by atoms with van der Waals surface area (Å²) in [5, 5.41) is 15.9. The summed E-state index contributed by atoms with van der Waals surface area (Å²) >= 11 is 8.00. The molecule has 90 valence electrons. The second-order valence-corrected chi connectivity index (χ2v) is 6.49. The third-order valence-corrected chi connectivity index (χ3v) is 4.99. The molecule has 2 atom stereocenters. The van der Waals surface area contributed by atoms with Crippen LogP contribution < -0.4 is 0 Å². The maximum atomic E-state index is 10.5. The van der Waals surface area contributed by atoms with E-state index in [1.165, 1.54) is 0 Å². The Bertz CT molecular complexity index is 407. The lowest BCUT2D eigenvalue weighted by Gasteiger charge is -2.21. The van der Waals surface area contributed by atoms with E-state index in [0.717, 1.165) is 23.4 Å². The van der Waals surface area contributed by atoms with Crippen molar-refractivity contribution in [1.82, 2.24) is 9.78 Å². The summed E-state index contributed by atoms with van der Waals surface area (Å²) < 4.78 is 1.67. The second-order valence-electron chi connectivity index (χ2n) is 4.71. The molecule has 0 spiro atoms. The fraction of sp³-hybridized carbons (Fsp3) is 0.727. The van der Waals surface area contributed by atoms with Crippen LogP contribution in [-0.4, -0.2) is 31.5 Å². The van der Waals surface area contributed by atoms with Gasteiger partial charge in [0, 0.05) is 30.0 Å². The van der Waals surface area contributed by atoms with Gasteiger partial charge in [0.05, 0.1) is 11.3 Å². The molecule has 0 aliphatic carbocycles. The molecule has 1 aliphatic rings. The zero-order valence-electron chi connectivity index (χ0n) is 9.83. The highest BCUT2D eigenvalue weighted by molar-refractivity contribution is 8.00. The highest BCUT2D eigenvalue weighted by Crippen LogP contribution is 2.38. The normalized spacial score (nSPS) is 29.9. The third-order valence-electron chi connectivity index (χ3n) is 3.08. The summed E-state index contributed by atoms with van der Waals surface area (Å²) in [5.41, 5.74) is 1.30. The van der Waals surface area contributed by atoms with Crippen LogP contribution in [0.4, 0.5) is 0 Å². The molecule has 0 saturated carbocycles. The van der Waals surface area contributed by atoms with Crippen molar-refractivity contribution in [2.24, 2.45) is 7.05 Å². The van der Waals surface area contributed by atoms with Gasteiger partial charge in [0.2, 0.25) is 0 Å². The first-order valence-electron chi connectivity index (χ1n) is 5.43. The van der Waals surface area contributed by atoms with Gasteiger partial charge in [-0.05, 0) is 13.3 Å². The van der Waals surface area contributed by atoms with Crippen LogP contribution in [0.15, 0.2) is 0 Å². The van der Waals surface area contributed by atoms with Crippen LogP contribution in [0.5, 0.6) is 0 Å². The van der Waals surface area contributed by atoms with Gasteiger partial charge in [-0.1, -0.05) is 18.5 Å². The molecule has 2 unspecified atom stereocenters. The van der Waals surface area contributed by atoms with Gasteiger partial charge in [-0.25, -0.2) is 0 Å². The van der Waals surface area contributed by atoms with E-state index >= 15 is 0 Å². The van der Waals surface area contributed by atoms with Gasteiger partial charge in [0.25, 0.3) is 0 Å². The summed E-state index contributed by atoms with van der Waals surface area (Å²) in [5.74, 6) is 0.791. The first-order chi connectivity index (χ1) is 7.41. The van der Waals surface area contributed by atoms with Crippen molar-refractivity contribution >= 4 is 23.4 Å². The summed E-state index contributed by atoms with van der Waals surface area (Å²) in [7, 11) is 1.83. The van der Waals surface area contributed by atoms with E-state index in [9.17, 15) is 5.11 Å². The van der Waals surface area contributed by atoms with E-state index in [0.29, 0.717) is 16.8 Å². The predicted octanol–water partition coefficient (Wildman–Crippen LogP) is 2.18. The summed E-state index contributed by atoms with van der Waals surface area (Å²) in [6.45, 7) is 4.09. The molecule has 16 heavy (non-hydrogen) atoms. The minimum atomic E-state index is -0.610. The van der Waals surface area contributed by atoms with Gasteiger partial charge in [-0.3, -0.25) is 4.68 Å². The number of nitrogens with zero attached hydrogens (tertiary/aromatic N) is 2. The fourth-order valence-corrected chi connectivity index (χ4v) is 3.76. The Labute approximate surface area is 105 Å². The molecule has 1 aromatic rings. The van der Waals surface area contributed by atoms with Crippen LogP contribution in [0.25, 0.3) is 0 Å². The van der Waals surface area contributed by atoms with Gasteiger partial charge < -0.3 is 5.11 Å². The molecule has 1 saturated heterocycles. The van der Waals surface area contributed by atoms with Gasteiger partial charge in [0.15, 0.2) is 0 Å². The highest BCUT2D eigenvalue weighted by atomic mass is 35.5. The van der Waals surface area contributed by atoms with Crippen LogP contribution in [0, 0.1) is 6.92 Å². The zero-order chi connectivity index (χ0) is 11.9. The van der Waals surface area contributed by atoms with E-state index in [1.54, 1.807) is 4.68 Å². The highest BCUT2D eigenvalue weighted by Gasteiger charge is 2.37. The van der Waals surface area contributed by atoms with Crippen molar-refractivity contribution in [3.63, 3.8) is 0 Å². The molecule has 2 rings (SSSR count). The molecule has 5 heteroatoms. The Morgan fingerprint density at radius 3 is 2.81 bits per heavy atom. The number of halogens is 1. The van der Waals surface area contributed by atoms with Crippen molar-refractivity contribution in [1.29, 1.82) is 0 Å². The van der Waals surface area contributed by atoms with Gasteiger partial charge in [-0.2, -0.15) is 16.9 Å². The van der Waals surface area contributed by atoms with Crippen molar-refractivity contribution in [2.45, 2.75) is 37.5 Å².